The van der Waals surface area contributed by atoms with Gasteiger partial charge in [0.2, 0.25) is 0 Å². The molecule has 0 saturated carbocycles. The number of pyridine rings is 1. The van der Waals surface area contributed by atoms with Gasteiger partial charge in [0, 0.05) is 38.3 Å². The van der Waals surface area contributed by atoms with E-state index in [1.54, 1.807) is 25.1 Å². The number of hydrogen-bond donors (Lipinski definition) is 2. The Morgan fingerprint density at radius 2 is 2.00 bits per heavy atom. The van der Waals surface area contributed by atoms with E-state index in [1.807, 2.05) is 31.2 Å². The SMILES string of the molecule is Cc1ccc(NC(=O)N2CC[C@@H](CC(F)(F)F)C2)cc1-c1cc(C=C[C@@H](C)O)nc(N2CCOCC2)c1. The second-order valence-electron chi connectivity index (χ2n) is 9.72. The van der Waals surface area contributed by atoms with Crippen molar-refractivity contribution in [2.24, 2.45) is 5.92 Å². The van der Waals surface area contributed by atoms with Crippen molar-refractivity contribution in [1.29, 1.82) is 0 Å². The summed E-state index contributed by atoms with van der Waals surface area (Å²) in [5, 5.41) is 12.6. The fourth-order valence-electron chi connectivity index (χ4n) is 4.69. The van der Waals surface area contributed by atoms with Crippen LogP contribution in [0.15, 0.2) is 36.4 Å². The molecule has 2 aliphatic rings. The van der Waals surface area contributed by atoms with Crippen molar-refractivity contribution in [1.82, 2.24) is 9.88 Å². The third-order valence-corrected chi connectivity index (χ3v) is 6.61. The molecule has 2 fully saturated rings. The van der Waals surface area contributed by atoms with Crippen LogP contribution in [-0.4, -0.2) is 72.7 Å². The molecule has 37 heavy (non-hydrogen) atoms. The van der Waals surface area contributed by atoms with E-state index >= 15 is 0 Å². The highest BCUT2D eigenvalue weighted by molar-refractivity contribution is 5.91. The number of likely N-dealkylation sites (tertiary alicyclic amines) is 1. The minimum absolute atomic E-state index is 0.0936. The lowest BCUT2D eigenvalue weighted by Crippen LogP contribution is -2.36. The van der Waals surface area contributed by atoms with E-state index in [0.717, 1.165) is 35.6 Å². The second kappa shape index (κ2) is 11.5. The quantitative estimate of drug-likeness (QED) is 0.557. The third kappa shape index (κ3) is 7.45. The normalized spacial score (nSPS) is 19.5. The molecule has 10 heteroatoms. The molecule has 2 aliphatic heterocycles. The van der Waals surface area contributed by atoms with E-state index in [1.165, 1.54) is 4.90 Å². The van der Waals surface area contributed by atoms with E-state index in [-0.39, 0.29) is 6.54 Å². The summed E-state index contributed by atoms with van der Waals surface area (Å²) >= 11 is 0. The number of amides is 2. The molecule has 0 bridgehead atoms. The molecule has 2 amide bonds. The molecule has 0 radical (unpaired) electrons. The van der Waals surface area contributed by atoms with Gasteiger partial charge in [-0.2, -0.15) is 13.2 Å². The fourth-order valence-corrected chi connectivity index (χ4v) is 4.69. The molecule has 4 rings (SSSR count). The maximum absolute atomic E-state index is 12.8. The predicted molar refractivity (Wildman–Crippen MR) is 138 cm³/mol. The number of carbonyl (C=O) groups is 1. The summed E-state index contributed by atoms with van der Waals surface area (Å²) in [6.45, 7) is 6.71. The number of aromatic nitrogens is 1. The van der Waals surface area contributed by atoms with Gasteiger partial charge in [0.05, 0.1) is 25.0 Å². The van der Waals surface area contributed by atoms with Gasteiger partial charge in [0.1, 0.15) is 5.82 Å². The van der Waals surface area contributed by atoms with Gasteiger partial charge in [-0.05, 0) is 73.2 Å². The Labute approximate surface area is 214 Å². The van der Waals surface area contributed by atoms with Crippen LogP contribution in [0.25, 0.3) is 17.2 Å². The smallest absolute Gasteiger partial charge is 0.389 e. The lowest BCUT2D eigenvalue weighted by molar-refractivity contribution is -0.143. The maximum atomic E-state index is 12.8. The maximum Gasteiger partial charge on any atom is 0.389 e. The summed E-state index contributed by atoms with van der Waals surface area (Å²) in [7, 11) is 0. The van der Waals surface area contributed by atoms with Crippen LogP contribution < -0.4 is 10.2 Å². The summed E-state index contributed by atoms with van der Waals surface area (Å²) in [6, 6.07) is 9.10. The molecular weight excluding hydrogens is 485 g/mol. The molecule has 0 unspecified atom stereocenters. The Hall–Kier alpha value is -3.11. The average molecular weight is 519 g/mol. The molecule has 1 aromatic carbocycles. The molecule has 0 aliphatic carbocycles. The molecule has 7 nitrogen and oxygen atoms in total. The number of anilines is 2. The van der Waals surface area contributed by atoms with Crippen molar-refractivity contribution in [2.45, 2.75) is 39.0 Å². The molecule has 200 valence electrons. The van der Waals surface area contributed by atoms with E-state index in [4.69, 9.17) is 9.72 Å². The van der Waals surface area contributed by atoms with Gasteiger partial charge in [0.25, 0.3) is 0 Å². The highest BCUT2D eigenvalue weighted by atomic mass is 19.4. The average Bonchev–Trinajstić information content (AvgIpc) is 3.31. The number of morpholine rings is 1. The topological polar surface area (TPSA) is 77.9 Å². The number of aryl methyl sites for hydroxylation is 1. The lowest BCUT2D eigenvalue weighted by atomic mass is 9.99. The number of nitrogens with one attached hydrogen (secondary N) is 1. The Morgan fingerprint density at radius 3 is 2.70 bits per heavy atom. The molecule has 2 atom stereocenters. The number of alkyl halides is 3. The first-order valence-corrected chi connectivity index (χ1v) is 12.5. The van der Waals surface area contributed by atoms with E-state index in [2.05, 4.69) is 10.2 Å². The van der Waals surface area contributed by atoms with Gasteiger partial charge in [-0.3, -0.25) is 0 Å². The highest BCUT2D eigenvalue weighted by Crippen LogP contribution is 2.32. The van der Waals surface area contributed by atoms with E-state index in [0.29, 0.717) is 37.6 Å². The third-order valence-electron chi connectivity index (χ3n) is 6.61. The van der Waals surface area contributed by atoms with Crippen molar-refractivity contribution < 1.29 is 27.8 Å². The standard InChI is InChI=1S/C27H33F3N4O3/c1-18-3-5-23(32-26(36)34-8-7-20(17-34)16-27(28,29)30)15-24(18)21-13-22(6-4-19(2)35)31-25(14-21)33-9-11-37-12-10-33/h3-6,13-15,19-20,35H,7-12,16-17H2,1-2H3,(H,32,36)/t19-,20+/m1/s1. The van der Waals surface area contributed by atoms with Gasteiger partial charge in [0.15, 0.2) is 0 Å². The Kier molecular flexibility index (Phi) is 8.39. The molecule has 0 spiro atoms. The van der Waals surface area contributed by atoms with Crippen molar-refractivity contribution in [2.75, 3.05) is 49.6 Å². The van der Waals surface area contributed by atoms with Crippen LogP contribution in [0.1, 0.15) is 31.0 Å². The van der Waals surface area contributed by atoms with Crippen LogP contribution in [0.2, 0.25) is 0 Å². The van der Waals surface area contributed by atoms with Crippen molar-refractivity contribution in [3.63, 3.8) is 0 Å². The minimum Gasteiger partial charge on any atom is -0.389 e. The largest absolute Gasteiger partial charge is 0.389 e. The Balaban J connectivity index is 1.56. The number of benzene rings is 1. The zero-order valence-corrected chi connectivity index (χ0v) is 21.1. The van der Waals surface area contributed by atoms with Crippen LogP contribution in [0.4, 0.5) is 29.5 Å². The van der Waals surface area contributed by atoms with Gasteiger partial charge in [-0.25, -0.2) is 9.78 Å². The highest BCUT2D eigenvalue weighted by Gasteiger charge is 2.36. The van der Waals surface area contributed by atoms with Gasteiger partial charge < -0.3 is 25.0 Å². The van der Waals surface area contributed by atoms with Gasteiger partial charge in [-0.15, -0.1) is 0 Å². The zero-order chi connectivity index (χ0) is 26.6. The molecule has 3 heterocycles. The molecule has 2 saturated heterocycles. The number of nitrogens with zero attached hydrogens (tertiary/aromatic N) is 3. The van der Waals surface area contributed by atoms with E-state index < -0.39 is 30.7 Å². The van der Waals surface area contributed by atoms with Crippen molar-refractivity contribution >= 4 is 23.6 Å². The van der Waals surface area contributed by atoms with Gasteiger partial charge in [-0.1, -0.05) is 12.1 Å². The zero-order valence-electron chi connectivity index (χ0n) is 21.1. The number of urea groups is 1. The van der Waals surface area contributed by atoms with Crippen LogP contribution in [0.3, 0.4) is 0 Å². The number of hydrogen-bond acceptors (Lipinski definition) is 5. The summed E-state index contributed by atoms with van der Waals surface area (Å²) < 4.78 is 43.7. The Bertz CT molecular complexity index is 1130. The monoisotopic (exact) mass is 518 g/mol. The molecule has 2 N–H and O–H groups in total. The number of rotatable bonds is 6. The number of aliphatic hydroxyl groups excluding tert-OH is 1. The minimum atomic E-state index is -4.23. The second-order valence-corrected chi connectivity index (χ2v) is 9.72. The number of carbonyl (C=O) groups excluding carboxylic acids is 1. The molecule has 2 aromatic rings. The van der Waals surface area contributed by atoms with Crippen molar-refractivity contribution in [3.05, 3.63) is 47.7 Å². The summed E-state index contributed by atoms with van der Waals surface area (Å²) in [4.78, 5) is 21.1. The molecule has 1 aromatic heterocycles. The number of halogens is 3. The summed E-state index contributed by atoms with van der Waals surface area (Å²) in [5.74, 6) is 0.232. The first-order valence-electron chi connectivity index (χ1n) is 12.5. The fraction of sp³-hybridized carbons (Fsp3) is 0.481. The van der Waals surface area contributed by atoms with Crippen LogP contribution in [0.5, 0.6) is 0 Å². The van der Waals surface area contributed by atoms with E-state index in [9.17, 15) is 23.1 Å². The lowest BCUT2D eigenvalue weighted by Gasteiger charge is -2.28. The van der Waals surface area contributed by atoms with Crippen LogP contribution in [-0.2, 0) is 4.74 Å². The summed E-state index contributed by atoms with van der Waals surface area (Å²) in [6.07, 6.45) is -1.92. The first-order chi connectivity index (χ1) is 17.6. The van der Waals surface area contributed by atoms with Crippen LogP contribution in [0, 0.1) is 12.8 Å². The predicted octanol–water partition coefficient (Wildman–Crippen LogP) is 5.09. The number of ether oxygens (including phenoxy) is 1. The van der Waals surface area contributed by atoms with Crippen LogP contribution >= 0.6 is 0 Å². The van der Waals surface area contributed by atoms with Gasteiger partial charge >= 0.3 is 12.2 Å². The summed E-state index contributed by atoms with van der Waals surface area (Å²) in [5.41, 5.74) is 4.06. The Morgan fingerprint density at radius 1 is 1.24 bits per heavy atom. The van der Waals surface area contributed by atoms with Crippen molar-refractivity contribution in [3.8, 4) is 11.1 Å². The first kappa shape index (κ1) is 26.9. The number of aliphatic hydroxyl groups is 1. The molecular formula is C27H33F3N4O3.